The Kier molecular flexibility index (Phi) is 4.78. The minimum atomic E-state index is -0.222. The number of nitriles is 1. The Hall–Kier alpha value is -2.84. The van der Waals surface area contributed by atoms with Gasteiger partial charge in [-0.05, 0) is 49.4 Å². The van der Waals surface area contributed by atoms with E-state index in [0.29, 0.717) is 11.1 Å². The van der Waals surface area contributed by atoms with Gasteiger partial charge in [-0.25, -0.2) is 0 Å². The van der Waals surface area contributed by atoms with Crippen molar-refractivity contribution >= 4 is 17.3 Å². The first-order valence-corrected chi connectivity index (χ1v) is 7.94. The molecule has 1 saturated heterocycles. The molecule has 0 aliphatic carbocycles. The van der Waals surface area contributed by atoms with E-state index >= 15 is 0 Å². The molecule has 122 valence electrons. The summed E-state index contributed by atoms with van der Waals surface area (Å²) in [6, 6.07) is 16.5. The first-order chi connectivity index (χ1) is 11.7. The van der Waals surface area contributed by atoms with Crippen LogP contribution in [-0.2, 0) is 4.74 Å². The lowest BCUT2D eigenvalue weighted by Gasteiger charge is -2.33. The third kappa shape index (κ3) is 3.73. The molecule has 5 heteroatoms. The zero-order valence-electron chi connectivity index (χ0n) is 13.5. The lowest BCUT2D eigenvalue weighted by molar-refractivity contribution is 0.0532. The number of carbonyl (C=O) groups excluding carboxylic acids is 1. The average molecular weight is 321 g/mol. The molecule has 3 rings (SSSR count). The maximum Gasteiger partial charge on any atom is 0.255 e. The summed E-state index contributed by atoms with van der Waals surface area (Å²) >= 11 is 0. The molecule has 0 aromatic heterocycles. The SMILES string of the molecule is CC1CN(c2ccc(NC(=O)c3cccc(C#N)c3)cc2)CCO1. The van der Waals surface area contributed by atoms with Gasteiger partial charge in [0, 0.05) is 30.0 Å². The Morgan fingerprint density at radius 2 is 2.08 bits per heavy atom. The molecular formula is C19H19N3O2. The van der Waals surface area contributed by atoms with Gasteiger partial charge >= 0.3 is 0 Å². The highest BCUT2D eigenvalue weighted by molar-refractivity contribution is 6.04. The number of morpholine rings is 1. The van der Waals surface area contributed by atoms with Gasteiger partial charge in [0.15, 0.2) is 0 Å². The Balaban J connectivity index is 1.67. The monoisotopic (exact) mass is 321 g/mol. The summed E-state index contributed by atoms with van der Waals surface area (Å²) in [5.41, 5.74) is 2.79. The molecule has 1 aliphatic heterocycles. The van der Waals surface area contributed by atoms with E-state index in [1.54, 1.807) is 24.3 Å². The van der Waals surface area contributed by atoms with Crippen LogP contribution in [0.1, 0.15) is 22.8 Å². The molecule has 0 saturated carbocycles. The predicted octanol–water partition coefficient (Wildman–Crippen LogP) is 3.04. The predicted molar refractivity (Wildman–Crippen MR) is 93.2 cm³/mol. The van der Waals surface area contributed by atoms with Crippen LogP contribution in [0.3, 0.4) is 0 Å². The van der Waals surface area contributed by atoms with Crippen LogP contribution in [0, 0.1) is 11.3 Å². The number of anilines is 2. The number of amides is 1. The van der Waals surface area contributed by atoms with Gasteiger partial charge < -0.3 is 15.0 Å². The summed E-state index contributed by atoms with van der Waals surface area (Å²) in [5.74, 6) is -0.222. The molecule has 24 heavy (non-hydrogen) atoms. The van der Waals surface area contributed by atoms with E-state index in [1.165, 1.54) is 0 Å². The number of nitrogens with one attached hydrogen (secondary N) is 1. The molecule has 2 aromatic rings. The van der Waals surface area contributed by atoms with Crippen molar-refractivity contribution in [2.24, 2.45) is 0 Å². The molecular weight excluding hydrogens is 302 g/mol. The summed E-state index contributed by atoms with van der Waals surface area (Å²) in [6.45, 7) is 4.54. The molecule has 0 spiro atoms. The lowest BCUT2D eigenvalue weighted by atomic mass is 10.1. The molecule has 0 radical (unpaired) electrons. The second-order valence-electron chi connectivity index (χ2n) is 5.82. The molecule has 1 aliphatic rings. The van der Waals surface area contributed by atoms with Gasteiger partial charge in [-0.1, -0.05) is 6.07 Å². The van der Waals surface area contributed by atoms with Crippen molar-refractivity contribution in [2.75, 3.05) is 29.9 Å². The van der Waals surface area contributed by atoms with E-state index in [-0.39, 0.29) is 12.0 Å². The minimum absolute atomic E-state index is 0.222. The van der Waals surface area contributed by atoms with Crippen molar-refractivity contribution in [1.29, 1.82) is 5.26 Å². The number of nitrogens with zero attached hydrogens (tertiary/aromatic N) is 2. The van der Waals surface area contributed by atoms with Crippen LogP contribution in [0.5, 0.6) is 0 Å². The summed E-state index contributed by atoms with van der Waals surface area (Å²) in [5, 5.41) is 11.8. The molecule has 1 heterocycles. The Labute approximate surface area is 141 Å². The standard InChI is InChI=1S/C19H19N3O2/c1-14-13-22(9-10-24-14)18-7-5-17(6-8-18)21-19(23)16-4-2-3-15(11-16)12-20/h2-8,11,14H,9-10,13H2,1H3,(H,21,23). The molecule has 1 N–H and O–H groups in total. The highest BCUT2D eigenvalue weighted by Gasteiger charge is 2.17. The number of benzene rings is 2. The lowest BCUT2D eigenvalue weighted by Crippen LogP contribution is -2.41. The van der Waals surface area contributed by atoms with E-state index in [0.717, 1.165) is 31.1 Å². The molecule has 0 bridgehead atoms. The first-order valence-electron chi connectivity index (χ1n) is 7.94. The van der Waals surface area contributed by atoms with Crippen molar-refractivity contribution in [3.8, 4) is 6.07 Å². The topological polar surface area (TPSA) is 65.4 Å². The number of ether oxygens (including phenoxy) is 1. The third-order valence-electron chi connectivity index (χ3n) is 3.99. The molecule has 1 unspecified atom stereocenters. The maximum atomic E-state index is 12.3. The van der Waals surface area contributed by atoms with Gasteiger partial charge in [0.1, 0.15) is 0 Å². The molecule has 2 aromatic carbocycles. The zero-order chi connectivity index (χ0) is 16.9. The van der Waals surface area contributed by atoms with E-state index in [1.807, 2.05) is 30.3 Å². The Morgan fingerprint density at radius 3 is 2.79 bits per heavy atom. The van der Waals surface area contributed by atoms with E-state index in [2.05, 4.69) is 17.1 Å². The fourth-order valence-electron chi connectivity index (χ4n) is 2.74. The van der Waals surface area contributed by atoms with Crippen LogP contribution >= 0.6 is 0 Å². The largest absolute Gasteiger partial charge is 0.375 e. The van der Waals surface area contributed by atoms with Crippen LogP contribution < -0.4 is 10.2 Å². The average Bonchev–Trinajstić information content (AvgIpc) is 2.62. The van der Waals surface area contributed by atoms with Crippen LogP contribution in [0.15, 0.2) is 48.5 Å². The van der Waals surface area contributed by atoms with Gasteiger partial charge in [0.05, 0.1) is 24.3 Å². The van der Waals surface area contributed by atoms with Gasteiger partial charge in [-0.2, -0.15) is 5.26 Å². The van der Waals surface area contributed by atoms with Crippen molar-refractivity contribution < 1.29 is 9.53 Å². The normalized spacial score (nSPS) is 17.2. The smallest absolute Gasteiger partial charge is 0.255 e. The van der Waals surface area contributed by atoms with Crippen LogP contribution in [0.2, 0.25) is 0 Å². The van der Waals surface area contributed by atoms with Crippen LogP contribution in [0.4, 0.5) is 11.4 Å². The second kappa shape index (κ2) is 7.16. The summed E-state index contributed by atoms with van der Waals surface area (Å²) in [6.07, 6.45) is 0.227. The van der Waals surface area contributed by atoms with E-state index in [9.17, 15) is 4.79 Å². The van der Waals surface area contributed by atoms with Crippen molar-refractivity contribution in [3.63, 3.8) is 0 Å². The van der Waals surface area contributed by atoms with Crippen molar-refractivity contribution in [2.45, 2.75) is 13.0 Å². The van der Waals surface area contributed by atoms with Crippen molar-refractivity contribution in [1.82, 2.24) is 0 Å². The number of carbonyl (C=O) groups is 1. The van der Waals surface area contributed by atoms with E-state index in [4.69, 9.17) is 10.00 Å². The fraction of sp³-hybridized carbons (Fsp3) is 0.263. The first kappa shape index (κ1) is 16.0. The summed E-state index contributed by atoms with van der Waals surface area (Å²) in [7, 11) is 0. The second-order valence-corrected chi connectivity index (χ2v) is 5.82. The number of hydrogen-bond acceptors (Lipinski definition) is 4. The Morgan fingerprint density at radius 1 is 1.29 bits per heavy atom. The Bertz CT molecular complexity index is 765. The van der Waals surface area contributed by atoms with Gasteiger partial charge in [-0.3, -0.25) is 4.79 Å². The highest BCUT2D eigenvalue weighted by Crippen LogP contribution is 2.21. The zero-order valence-corrected chi connectivity index (χ0v) is 13.5. The fourth-order valence-corrected chi connectivity index (χ4v) is 2.74. The number of rotatable bonds is 3. The van der Waals surface area contributed by atoms with Gasteiger partial charge in [-0.15, -0.1) is 0 Å². The van der Waals surface area contributed by atoms with Crippen LogP contribution in [-0.4, -0.2) is 31.7 Å². The van der Waals surface area contributed by atoms with Gasteiger partial charge in [0.25, 0.3) is 5.91 Å². The highest BCUT2D eigenvalue weighted by atomic mass is 16.5. The maximum absolute atomic E-state index is 12.3. The van der Waals surface area contributed by atoms with Crippen LogP contribution in [0.25, 0.3) is 0 Å². The summed E-state index contributed by atoms with van der Waals surface area (Å²) < 4.78 is 5.55. The third-order valence-corrected chi connectivity index (χ3v) is 3.99. The van der Waals surface area contributed by atoms with E-state index < -0.39 is 0 Å². The van der Waals surface area contributed by atoms with Gasteiger partial charge in [0.2, 0.25) is 0 Å². The molecule has 1 fully saturated rings. The molecule has 5 nitrogen and oxygen atoms in total. The molecule has 1 atom stereocenters. The quantitative estimate of drug-likeness (QED) is 0.943. The molecule has 1 amide bonds. The number of hydrogen-bond donors (Lipinski definition) is 1. The minimum Gasteiger partial charge on any atom is -0.375 e. The summed E-state index contributed by atoms with van der Waals surface area (Å²) in [4.78, 5) is 14.5. The van der Waals surface area contributed by atoms with Crippen molar-refractivity contribution in [3.05, 3.63) is 59.7 Å².